The highest BCUT2D eigenvalue weighted by molar-refractivity contribution is 5.94. The van der Waals surface area contributed by atoms with Crippen LogP contribution in [0.1, 0.15) is 40.3 Å². The summed E-state index contributed by atoms with van der Waals surface area (Å²) in [7, 11) is 3.96. The van der Waals surface area contributed by atoms with E-state index in [1.54, 1.807) is 0 Å². The van der Waals surface area contributed by atoms with Crippen LogP contribution < -0.4 is 10.6 Å². The number of nitrogens with zero attached hydrogens (tertiary/aromatic N) is 2. The third kappa shape index (κ3) is 5.47. The summed E-state index contributed by atoms with van der Waals surface area (Å²) >= 11 is 0. The molecule has 0 bridgehead atoms. The van der Waals surface area contributed by atoms with Crippen LogP contribution in [0.4, 0.5) is 0 Å². The van der Waals surface area contributed by atoms with Gasteiger partial charge in [-0.05, 0) is 45.6 Å². The number of hydrogen-bond acceptors (Lipinski definition) is 5. The molecule has 2 N–H and O–H groups in total. The van der Waals surface area contributed by atoms with Crippen LogP contribution in [-0.2, 0) is 6.54 Å². The summed E-state index contributed by atoms with van der Waals surface area (Å²) in [4.78, 5) is 14.1. The van der Waals surface area contributed by atoms with E-state index in [4.69, 9.17) is 4.52 Å². The maximum atomic E-state index is 12.0. The molecule has 0 fully saturated rings. The van der Waals surface area contributed by atoms with Crippen molar-refractivity contribution >= 4 is 5.91 Å². The lowest BCUT2D eigenvalue weighted by Crippen LogP contribution is -2.31. The van der Waals surface area contributed by atoms with Crippen molar-refractivity contribution in [2.75, 3.05) is 27.2 Å². The molecule has 2 aromatic rings. The van der Waals surface area contributed by atoms with Crippen molar-refractivity contribution < 1.29 is 9.32 Å². The van der Waals surface area contributed by atoms with Crippen molar-refractivity contribution in [3.05, 3.63) is 52.9 Å². The molecule has 6 heteroatoms. The predicted octanol–water partition coefficient (Wildman–Crippen LogP) is 2.13. The minimum absolute atomic E-state index is 0.0391. The van der Waals surface area contributed by atoms with Gasteiger partial charge in [0, 0.05) is 31.3 Å². The summed E-state index contributed by atoms with van der Waals surface area (Å²) in [6.45, 7) is 6.10. The van der Waals surface area contributed by atoms with Gasteiger partial charge in [-0.1, -0.05) is 17.3 Å². The largest absolute Gasteiger partial charge is 0.361 e. The SMILES string of the molecule is Cc1cc(C(C)NCc2ccc(C(=O)NCCN(C)C)cc2)no1. The summed E-state index contributed by atoms with van der Waals surface area (Å²) in [5.74, 6) is 0.770. The van der Waals surface area contributed by atoms with Crippen molar-refractivity contribution in [3.8, 4) is 0 Å². The molecule has 1 heterocycles. The number of aryl methyl sites for hydroxylation is 1. The van der Waals surface area contributed by atoms with Crippen LogP contribution in [-0.4, -0.2) is 43.1 Å². The number of aromatic nitrogens is 1. The van der Waals surface area contributed by atoms with E-state index < -0.39 is 0 Å². The van der Waals surface area contributed by atoms with Gasteiger partial charge in [-0.2, -0.15) is 0 Å². The smallest absolute Gasteiger partial charge is 0.251 e. The molecule has 0 aliphatic carbocycles. The quantitative estimate of drug-likeness (QED) is 0.776. The van der Waals surface area contributed by atoms with Crippen LogP contribution in [0, 0.1) is 6.92 Å². The van der Waals surface area contributed by atoms with E-state index >= 15 is 0 Å². The molecule has 24 heavy (non-hydrogen) atoms. The number of amides is 1. The van der Waals surface area contributed by atoms with Gasteiger partial charge in [-0.3, -0.25) is 4.79 Å². The van der Waals surface area contributed by atoms with Crippen molar-refractivity contribution in [3.63, 3.8) is 0 Å². The van der Waals surface area contributed by atoms with Crippen molar-refractivity contribution in [1.82, 2.24) is 20.7 Å². The third-order valence-electron chi connectivity index (χ3n) is 3.76. The van der Waals surface area contributed by atoms with Gasteiger partial charge >= 0.3 is 0 Å². The Morgan fingerprint density at radius 3 is 2.58 bits per heavy atom. The second-order valence-electron chi connectivity index (χ2n) is 6.22. The molecule has 2 rings (SSSR count). The van der Waals surface area contributed by atoms with Crippen LogP contribution in [0.5, 0.6) is 0 Å². The molecule has 0 radical (unpaired) electrons. The van der Waals surface area contributed by atoms with E-state index in [-0.39, 0.29) is 11.9 Å². The van der Waals surface area contributed by atoms with Gasteiger partial charge in [-0.15, -0.1) is 0 Å². The first-order chi connectivity index (χ1) is 11.5. The van der Waals surface area contributed by atoms with E-state index in [1.165, 1.54) is 0 Å². The Balaban J connectivity index is 1.82. The van der Waals surface area contributed by atoms with Gasteiger partial charge in [0.15, 0.2) is 0 Å². The molecule has 0 aliphatic rings. The number of hydrogen-bond donors (Lipinski definition) is 2. The normalized spacial score (nSPS) is 12.4. The highest BCUT2D eigenvalue weighted by Crippen LogP contribution is 2.13. The molecule has 130 valence electrons. The monoisotopic (exact) mass is 330 g/mol. The van der Waals surface area contributed by atoms with Gasteiger partial charge in [0.1, 0.15) is 11.5 Å². The molecule has 0 saturated carbocycles. The maximum absolute atomic E-state index is 12.0. The minimum atomic E-state index is -0.0391. The summed E-state index contributed by atoms with van der Waals surface area (Å²) in [5, 5.41) is 10.3. The lowest BCUT2D eigenvalue weighted by molar-refractivity contribution is 0.0951. The number of nitrogens with one attached hydrogen (secondary N) is 2. The third-order valence-corrected chi connectivity index (χ3v) is 3.76. The highest BCUT2D eigenvalue weighted by Gasteiger charge is 2.10. The lowest BCUT2D eigenvalue weighted by Gasteiger charge is -2.12. The first-order valence-corrected chi connectivity index (χ1v) is 8.14. The van der Waals surface area contributed by atoms with E-state index in [0.29, 0.717) is 18.7 Å². The molecule has 0 saturated heterocycles. The fraction of sp³-hybridized carbons (Fsp3) is 0.444. The maximum Gasteiger partial charge on any atom is 0.251 e. The Hall–Kier alpha value is -2.18. The molecule has 1 aromatic heterocycles. The van der Waals surface area contributed by atoms with Crippen LogP contribution in [0.25, 0.3) is 0 Å². The Morgan fingerprint density at radius 1 is 1.29 bits per heavy atom. The zero-order valence-electron chi connectivity index (χ0n) is 14.8. The van der Waals surface area contributed by atoms with Gasteiger partial charge in [0.05, 0.1) is 6.04 Å². The van der Waals surface area contributed by atoms with Gasteiger partial charge in [0.2, 0.25) is 0 Å². The number of likely N-dealkylation sites (N-methyl/N-ethyl adjacent to an activating group) is 1. The molecular weight excluding hydrogens is 304 g/mol. The second-order valence-corrected chi connectivity index (χ2v) is 6.22. The van der Waals surface area contributed by atoms with Crippen LogP contribution >= 0.6 is 0 Å². The average Bonchev–Trinajstić information content (AvgIpc) is 2.99. The number of carbonyl (C=O) groups excluding carboxylic acids is 1. The van der Waals surface area contributed by atoms with Crippen LogP contribution in [0.2, 0.25) is 0 Å². The molecule has 1 amide bonds. The number of benzene rings is 1. The fourth-order valence-corrected chi connectivity index (χ4v) is 2.23. The standard InChI is InChI=1S/C18H26N4O2/c1-13-11-17(21-24-13)14(2)20-12-15-5-7-16(8-6-15)18(23)19-9-10-22(3)4/h5-8,11,14,20H,9-10,12H2,1-4H3,(H,19,23). The van der Waals surface area contributed by atoms with Gasteiger partial charge in [-0.25, -0.2) is 0 Å². The van der Waals surface area contributed by atoms with E-state index in [9.17, 15) is 4.79 Å². The van der Waals surface area contributed by atoms with E-state index in [0.717, 1.165) is 23.6 Å². The molecule has 1 atom stereocenters. The lowest BCUT2D eigenvalue weighted by atomic mass is 10.1. The number of rotatable bonds is 8. The van der Waals surface area contributed by atoms with E-state index in [1.807, 2.05) is 63.2 Å². The molecule has 6 nitrogen and oxygen atoms in total. The predicted molar refractivity (Wildman–Crippen MR) is 93.8 cm³/mol. The molecule has 1 unspecified atom stereocenters. The van der Waals surface area contributed by atoms with Crippen LogP contribution in [0.15, 0.2) is 34.9 Å². The van der Waals surface area contributed by atoms with Crippen molar-refractivity contribution in [2.24, 2.45) is 0 Å². The van der Waals surface area contributed by atoms with Crippen molar-refractivity contribution in [2.45, 2.75) is 26.4 Å². The Kier molecular flexibility index (Phi) is 6.52. The Bertz CT molecular complexity index is 649. The molecule has 0 spiro atoms. The fourth-order valence-electron chi connectivity index (χ4n) is 2.23. The first kappa shape index (κ1) is 18.2. The minimum Gasteiger partial charge on any atom is -0.361 e. The molecular formula is C18H26N4O2. The van der Waals surface area contributed by atoms with E-state index in [2.05, 4.69) is 15.8 Å². The van der Waals surface area contributed by atoms with Gasteiger partial charge < -0.3 is 20.1 Å². The topological polar surface area (TPSA) is 70.4 Å². The summed E-state index contributed by atoms with van der Waals surface area (Å²) in [5.41, 5.74) is 2.69. The summed E-state index contributed by atoms with van der Waals surface area (Å²) < 4.78 is 5.09. The average molecular weight is 330 g/mol. The van der Waals surface area contributed by atoms with Crippen LogP contribution in [0.3, 0.4) is 0 Å². The second kappa shape index (κ2) is 8.61. The first-order valence-electron chi connectivity index (χ1n) is 8.14. The highest BCUT2D eigenvalue weighted by atomic mass is 16.5. The summed E-state index contributed by atoms with van der Waals surface area (Å²) in [6, 6.07) is 9.68. The molecule has 1 aromatic carbocycles. The van der Waals surface area contributed by atoms with Gasteiger partial charge in [0.25, 0.3) is 5.91 Å². The zero-order chi connectivity index (χ0) is 17.5. The Morgan fingerprint density at radius 2 is 2.00 bits per heavy atom. The summed E-state index contributed by atoms with van der Waals surface area (Å²) in [6.07, 6.45) is 0. The Labute approximate surface area is 143 Å². The zero-order valence-corrected chi connectivity index (χ0v) is 14.8. The van der Waals surface area contributed by atoms with Crippen molar-refractivity contribution in [1.29, 1.82) is 0 Å². The molecule has 0 aliphatic heterocycles. The number of carbonyl (C=O) groups is 1.